The number of fused-ring (bicyclic) bond motifs is 1. The van der Waals surface area contributed by atoms with Crippen LogP contribution in [-0.2, 0) is 9.59 Å². The van der Waals surface area contributed by atoms with Gasteiger partial charge in [0.2, 0.25) is 11.8 Å². The Morgan fingerprint density at radius 2 is 1.94 bits per heavy atom. The molecule has 2 fully saturated rings. The van der Waals surface area contributed by atoms with Crippen LogP contribution in [0, 0.1) is 18.8 Å². The predicted molar refractivity (Wildman–Crippen MR) is 59.1 cm³/mol. The van der Waals surface area contributed by atoms with E-state index in [-0.39, 0.29) is 23.7 Å². The lowest BCUT2D eigenvalue weighted by Crippen LogP contribution is -2.31. The average Bonchev–Trinajstić information content (AvgIpc) is 2.82. The summed E-state index contributed by atoms with van der Waals surface area (Å²) >= 11 is 0. The lowest BCUT2D eigenvalue weighted by atomic mass is 10.00. The van der Waals surface area contributed by atoms with E-state index in [0.29, 0.717) is 18.9 Å². The summed E-state index contributed by atoms with van der Waals surface area (Å²) in [4.78, 5) is 33.3. The summed E-state index contributed by atoms with van der Waals surface area (Å²) in [7, 11) is 0. The summed E-state index contributed by atoms with van der Waals surface area (Å²) < 4.78 is 0. The van der Waals surface area contributed by atoms with Crippen LogP contribution < -0.4 is 10.2 Å². The Morgan fingerprint density at radius 1 is 1.29 bits per heavy atom. The van der Waals surface area contributed by atoms with Gasteiger partial charge in [0.25, 0.3) is 0 Å². The smallest absolute Gasteiger partial charge is 0.232 e. The minimum absolute atomic E-state index is 0.159. The zero-order chi connectivity index (χ0) is 12.0. The first kappa shape index (κ1) is 10.2. The number of aromatic nitrogens is 2. The highest BCUT2D eigenvalue weighted by Crippen LogP contribution is 2.30. The molecule has 2 aliphatic heterocycles. The van der Waals surface area contributed by atoms with Gasteiger partial charge < -0.3 is 4.90 Å². The maximum Gasteiger partial charge on any atom is 0.232 e. The Morgan fingerprint density at radius 3 is 2.53 bits per heavy atom. The van der Waals surface area contributed by atoms with Gasteiger partial charge in [0.1, 0.15) is 11.6 Å². The number of anilines is 1. The lowest BCUT2D eigenvalue weighted by molar-refractivity contribution is -0.126. The van der Waals surface area contributed by atoms with Crippen LogP contribution in [0.4, 0.5) is 5.82 Å². The van der Waals surface area contributed by atoms with E-state index in [0.717, 1.165) is 5.82 Å². The molecular formula is C11H12N4O2. The molecule has 1 aromatic heterocycles. The van der Waals surface area contributed by atoms with Gasteiger partial charge in [0.15, 0.2) is 0 Å². The van der Waals surface area contributed by atoms with Gasteiger partial charge in [-0.2, -0.15) is 0 Å². The quantitative estimate of drug-likeness (QED) is 0.660. The maximum atomic E-state index is 11.5. The largest absolute Gasteiger partial charge is 0.355 e. The number of hydrogen-bond donors (Lipinski definition) is 1. The molecule has 0 bridgehead atoms. The van der Waals surface area contributed by atoms with E-state index in [1.807, 2.05) is 11.8 Å². The highest BCUT2D eigenvalue weighted by Gasteiger charge is 2.48. The van der Waals surface area contributed by atoms with E-state index in [2.05, 4.69) is 15.3 Å². The second kappa shape index (κ2) is 3.51. The molecule has 2 saturated heterocycles. The molecule has 17 heavy (non-hydrogen) atoms. The van der Waals surface area contributed by atoms with E-state index in [9.17, 15) is 9.59 Å². The van der Waals surface area contributed by atoms with Crippen LogP contribution in [0.15, 0.2) is 12.3 Å². The fraction of sp³-hybridized carbons (Fsp3) is 0.455. The fourth-order valence-corrected chi connectivity index (χ4v) is 2.45. The Balaban J connectivity index is 1.85. The first-order chi connectivity index (χ1) is 8.15. The van der Waals surface area contributed by atoms with Crippen LogP contribution in [0.5, 0.6) is 0 Å². The van der Waals surface area contributed by atoms with Crippen LogP contribution in [0.1, 0.15) is 5.82 Å². The molecule has 0 aliphatic carbocycles. The zero-order valence-electron chi connectivity index (χ0n) is 9.38. The molecule has 2 aliphatic rings. The van der Waals surface area contributed by atoms with Crippen molar-refractivity contribution in [3.8, 4) is 0 Å². The van der Waals surface area contributed by atoms with Gasteiger partial charge in [-0.25, -0.2) is 9.97 Å². The van der Waals surface area contributed by atoms with E-state index in [1.165, 1.54) is 0 Å². The number of hydrogen-bond acceptors (Lipinski definition) is 5. The fourth-order valence-electron chi connectivity index (χ4n) is 2.45. The van der Waals surface area contributed by atoms with Gasteiger partial charge >= 0.3 is 0 Å². The molecule has 2 amide bonds. The molecule has 88 valence electrons. The topological polar surface area (TPSA) is 75.2 Å². The SMILES string of the molecule is Cc1nccc(N2CC3C(=O)NC(=O)C3C2)n1. The van der Waals surface area contributed by atoms with Crippen molar-refractivity contribution in [2.45, 2.75) is 6.92 Å². The van der Waals surface area contributed by atoms with E-state index in [4.69, 9.17) is 0 Å². The molecule has 0 spiro atoms. The van der Waals surface area contributed by atoms with Crippen molar-refractivity contribution in [1.29, 1.82) is 0 Å². The molecule has 3 rings (SSSR count). The van der Waals surface area contributed by atoms with Crippen molar-refractivity contribution in [3.05, 3.63) is 18.1 Å². The molecule has 1 aromatic rings. The van der Waals surface area contributed by atoms with Gasteiger partial charge in [-0.15, -0.1) is 0 Å². The molecular weight excluding hydrogens is 220 g/mol. The number of aryl methyl sites for hydroxylation is 1. The minimum atomic E-state index is -0.224. The Hall–Kier alpha value is -1.98. The number of nitrogens with zero attached hydrogens (tertiary/aromatic N) is 3. The first-order valence-corrected chi connectivity index (χ1v) is 5.54. The highest BCUT2D eigenvalue weighted by molar-refractivity contribution is 6.06. The van der Waals surface area contributed by atoms with Crippen LogP contribution >= 0.6 is 0 Å². The number of rotatable bonds is 1. The Kier molecular flexibility index (Phi) is 2.10. The second-order valence-corrected chi connectivity index (χ2v) is 4.43. The summed E-state index contributed by atoms with van der Waals surface area (Å²) in [6.07, 6.45) is 1.69. The third-order valence-electron chi connectivity index (χ3n) is 3.33. The van der Waals surface area contributed by atoms with E-state index < -0.39 is 0 Å². The van der Waals surface area contributed by atoms with Crippen molar-refractivity contribution in [3.63, 3.8) is 0 Å². The average molecular weight is 232 g/mol. The molecule has 3 heterocycles. The molecule has 2 unspecified atom stereocenters. The Labute approximate surface area is 98.0 Å². The number of nitrogens with one attached hydrogen (secondary N) is 1. The number of carbonyl (C=O) groups excluding carboxylic acids is 2. The van der Waals surface area contributed by atoms with Crippen LogP contribution in [0.3, 0.4) is 0 Å². The van der Waals surface area contributed by atoms with Gasteiger partial charge in [-0.1, -0.05) is 0 Å². The van der Waals surface area contributed by atoms with Crippen LogP contribution in [0.2, 0.25) is 0 Å². The van der Waals surface area contributed by atoms with Crippen LogP contribution in [0.25, 0.3) is 0 Å². The molecule has 2 atom stereocenters. The molecule has 0 radical (unpaired) electrons. The number of carbonyl (C=O) groups is 2. The summed E-state index contributed by atoms with van der Waals surface area (Å²) in [6.45, 7) is 2.93. The van der Waals surface area contributed by atoms with Gasteiger partial charge in [-0.05, 0) is 13.0 Å². The summed E-state index contributed by atoms with van der Waals surface area (Å²) in [5, 5.41) is 2.36. The summed E-state index contributed by atoms with van der Waals surface area (Å²) in [5.41, 5.74) is 0. The summed E-state index contributed by atoms with van der Waals surface area (Å²) in [5.74, 6) is 0.708. The molecule has 0 saturated carbocycles. The lowest BCUT2D eigenvalue weighted by Gasteiger charge is -2.17. The van der Waals surface area contributed by atoms with E-state index in [1.54, 1.807) is 12.3 Å². The monoisotopic (exact) mass is 232 g/mol. The highest BCUT2D eigenvalue weighted by atomic mass is 16.2. The third-order valence-corrected chi connectivity index (χ3v) is 3.33. The van der Waals surface area contributed by atoms with Crippen molar-refractivity contribution in [2.75, 3.05) is 18.0 Å². The standard InChI is InChI=1S/C11H12N4O2/c1-6-12-3-2-9(13-6)15-4-7-8(5-15)11(17)14-10(7)16/h2-3,7-8H,4-5H2,1H3,(H,14,16,17). The maximum absolute atomic E-state index is 11.5. The van der Waals surface area contributed by atoms with Crippen molar-refractivity contribution in [2.24, 2.45) is 11.8 Å². The molecule has 1 N–H and O–H groups in total. The predicted octanol–water partition coefficient (Wildman–Crippen LogP) is -0.506. The third kappa shape index (κ3) is 1.56. The van der Waals surface area contributed by atoms with Crippen LogP contribution in [-0.4, -0.2) is 34.9 Å². The van der Waals surface area contributed by atoms with Gasteiger partial charge in [0.05, 0.1) is 11.8 Å². The first-order valence-electron chi connectivity index (χ1n) is 5.54. The zero-order valence-corrected chi connectivity index (χ0v) is 9.38. The second-order valence-electron chi connectivity index (χ2n) is 4.43. The van der Waals surface area contributed by atoms with Gasteiger partial charge in [0, 0.05) is 19.3 Å². The van der Waals surface area contributed by atoms with Gasteiger partial charge in [-0.3, -0.25) is 14.9 Å². The minimum Gasteiger partial charge on any atom is -0.355 e. The molecule has 0 aromatic carbocycles. The molecule has 6 nitrogen and oxygen atoms in total. The summed E-state index contributed by atoms with van der Waals surface area (Å²) in [6, 6.07) is 1.80. The van der Waals surface area contributed by atoms with Crippen molar-refractivity contribution < 1.29 is 9.59 Å². The Bertz CT molecular complexity index is 480. The van der Waals surface area contributed by atoms with Crippen molar-refractivity contribution >= 4 is 17.6 Å². The molecule has 6 heteroatoms. The van der Waals surface area contributed by atoms with E-state index >= 15 is 0 Å². The number of amides is 2. The normalized spacial score (nSPS) is 27.2. The number of imide groups is 1. The van der Waals surface area contributed by atoms with Crippen molar-refractivity contribution in [1.82, 2.24) is 15.3 Å².